The quantitative estimate of drug-likeness (QED) is 0.819. The molecule has 0 aromatic heterocycles. The molecule has 0 spiro atoms. The van der Waals surface area contributed by atoms with Crippen LogP contribution >= 0.6 is 0 Å². The maximum atomic E-state index is 12.8. The van der Waals surface area contributed by atoms with E-state index in [1.54, 1.807) is 12.1 Å². The number of aliphatic hydroxyl groups is 1. The number of halogens is 1. The second-order valence-corrected chi connectivity index (χ2v) is 7.08. The summed E-state index contributed by atoms with van der Waals surface area (Å²) in [7, 11) is -3.51. The molecule has 5 nitrogen and oxygen atoms in total. The van der Waals surface area contributed by atoms with Gasteiger partial charge in [0.2, 0.25) is 0 Å². The van der Waals surface area contributed by atoms with Gasteiger partial charge < -0.3 is 5.11 Å². The molecule has 1 atom stereocenters. The van der Waals surface area contributed by atoms with E-state index in [1.165, 1.54) is 16.4 Å². The van der Waals surface area contributed by atoms with E-state index in [9.17, 15) is 12.8 Å². The molecule has 0 aliphatic carbocycles. The topological polar surface area (TPSA) is 69.6 Å². The maximum Gasteiger partial charge on any atom is 0.279 e. The highest BCUT2D eigenvalue weighted by molar-refractivity contribution is 7.87. The molecule has 118 valence electrons. The summed E-state index contributed by atoms with van der Waals surface area (Å²) in [5.74, 6) is -0.282. The second-order valence-electron chi connectivity index (χ2n) is 5.32. The number of hydrogen-bond donors (Lipinski definition) is 2. The molecule has 0 amide bonds. The molecule has 1 heterocycles. The van der Waals surface area contributed by atoms with Gasteiger partial charge in [0, 0.05) is 26.2 Å². The van der Waals surface area contributed by atoms with Crippen LogP contribution in [0.5, 0.6) is 0 Å². The molecule has 0 radical (unpaired) electrons. The van der Waals surface area contributed by atoms with Crippen LogP contribution in [0.2, 0.25) is 0 Å². The summed E-state index contributed by atoms with van der Waals surface area (Å²) in [6.07, 6.45) is 2.14. The van der Waals surface area contributed by atoms with Crippen molar-refractivity contribution in [1.29, 1.82) is 0 Å². The third-order valence-electron chi connectivity index (χ3n) is 3.69. The van der Waals surface area contributed by atoms with Crippen molar-refractivity contribution in [2.24, 2.45) is 5.92 Å². The lowest BCUT2D eigenvalue weighted by Gasteiger charge is -2.30. The zero-order chi connectivity index (χ0) is 15.3. The van der Waals surface area contributed by atoms with Gasteiger partial charge in [-0.05, 0) is 42.9 Å². The Morgan fingerprint density at radius 1 is 1.33 bits per heavy atom. The molecule has 0 saturated carbocycles. The van der Waals surface area contributed by atoms with Crippen LogP contribution in [0.25, 0.3) is 0 Å². The van der Waals surface area contributed by atoms with Gasteiger partial charge in [-0.3, -0.25) is 0 Å². The first kappa shape index (κ1) is 16.4. The Kier molecular flexibility index (Phi) is 5.69. The Morgan fingerprint density at radius 3 is 2.71 bits per heavy atom. The van der Waals surface area contributed by atoms with Gasteiger partial charge in [-0.2, -0.15) is 12.7 Å². The average molecular weight is 316 g/mol. The second kappa shape index (κ2) is 7.31. The smallest absolute Gasteiger partial charge is 0.279 e. The number of nitrogens with one attached hydrogen (secondary N) is 1. The predicted molar refractivity (Wildman–Crippen MR) is 78.4 cm³/mol. The fraction of sp³-hybridized carbons (Fsp3) is 0.571. The Hall–Kier alpha value is -1.02. The lowest BCUT2D eigenvalue weighted by molar-refractivity contribution is 0.165. The fourth-order valence-corrected chi connectivity index (χ4v) is 3.78. The van der Waals surface area contributed by atoms with Gasteiger partial charge in [0.15, 0.2) is 0 Å². The van der Waals surface area contributed by atoms with E-state index in [-0.39, 0.29) is 24.9 Å². The SMILES string of the molecule is O=S(=O)(NCCc1ccc(F)cc1)N1CCCC(CO)C1. The highest BCUT2D eigenvalue weighted by atomic mass is 32.2. The Morgan fingerprint density at radius 2 is 2.05 bits per heavy atom. The molecule has 1 aliphatic rings. The maximum absolute atomic E-state index is 12.8. The molecule has 1 unspecified atom stereocenters. The summed E-state index contributed by atoms with van der Waals surface area (Å²) >= 11 is 0. The number of rotatable bonds is 6. The molecule has 2 N–H and O–H groups in total. The van der Waals surface area contributed by atoms with Crippen molar-refractivity contribution in [3.05, 3.63) is 35.6 Å². The monoisotopic (exact) mass is 316 g/mol. The van der Waals surface area contributed by atoms with Crippen LogP contribution in [0, 0.1) is 11.7 Å². The Bertz CT molecular complexity index is 548. The van der Waals surface area contributed by atoms with Crippen LogP contribution in [-0.4, -0.2) is 44.1 Å². The molecular formula is C14H21FN2O3S. The van der Waals surface area contributed by atoms with Crippen molar-refractivity contribution < 1.29 is 17.9 Å². The van der Waals surface area contributed by atoms with E-state index in [0.717, 1.165) is 18.4 Å². The molecule has 1 aliphatic heterocycles. The van der Waals surface area contributed by atoms with Gasteiger partial charge in [-0.1, -0.05) is 12.1 Å². The molecule has 1 aromatic carbocycles. The molecule has 0 bridgehead atoms. The van der Waals surface area contributed by atoms with Crippen LogP contribution < -0.4 is 4.72 Å². The number of nitrogens with zero attached hydrogens (tertiary/aromatic N) is 1. The van der Waals surface area contributed by atoms with Crippen LogP contribution in [0.1, 0.15) is 18.4 Å². The lowest BCUT2D eigenvalue weighted by atomic mass is 10.0. The summed E-state index contributed by atoms with van der Waals surface area (Å²) in [5.41, 5.74) is 0.881. The highest BCUT2D eigenvalue weighted by Crippen LogP contribution is 2.17. The first-order valence-corrected chi connectivity index (χ1v) is 8.55. The lowest BCUT2D eigenvalue weighted by Crippen LogP contribution is -2.47. The molecule has 21 heavy (non-hydrogen) atoms. The van der Waals surface area contributed by atoms with E-state index in [1.807, 2.05) is 0 Å². The normalized spacial score (nSPS) is 20.6. The van der Waals surface area contributed by atoms with Crippen LogP contribution in [0.15, 0.2) is 24.3 Å². The third kappa shape index (κ3) is 4.74. The van der Waals surface area contributed by atoms with E-state index >= 15 is 0 Å². The molecule has 1 saturated heterocycles. The van der Waals surface area contributed by atoms with E-state index < -0.39 is 10.2 Å². The minimum atomic E-state index is -3.51. The van der Waals surface area contributed by atoms with Crippen molar-refractivity contribution in [3.63, 3.8) is 0 Å². The summed E-state index contributed by atoms with van der Waals surface area (Å²) in [6.45, 7) is 1.14. The average Bonchev–Trinajstić information content (AvgIpc) is 2.49. The first-order chi connectivity index (χ1) is 10.0. The Balaban J connectivity index is 1.84. The van der Waals surface area contributed by atoms with Crippen LogP contribution in [0.3, 0.4) is 0 Å². The van der Waals surface area contributed by atoms with E-state index in [4.69, 9.17) is 5.11 Å². The molecule has 2 rings (SSSR count). The van der Waals surface area contributed by atoms with Gasteiger partial charge in [0.1, 0.15) is 5.82 Å². The number of aliphatic hydroxyl groups excluding tert-OH is 1. The summed E-state index contributed by atoms with van der Waals surface area (Å²) in [4.78, 5) is 0. The van der Waals surface area contributed by atoms with Crippen LogP contribution in [0.4, 0.5) is 4.39 Å². The van der Waals surface area contributed by atoms with Crippen molar-refractivity contribution in [2.45, 2.75) is 19.3 Å². The van der Waals surface area contributed by atoms with Crippen molar-refractivity contribution in [3.8, 4) is 0 Å². The van der Waals surface area contributed by atoms with Crippen molar-refractivity contribution >= 4 is 10.2 Å². The Labute approximate surface area is 125 Å². The fourth-order valence-electron chi connectivity index (χ4n) is 2.46. The van der Waals surface area contributed by atoms with Gasteiger partial charge in [0.05, 0.1) is 0 Å². The zero-order valence-corrected chi connectivity index (χ0v) is 12.7. The number of hydrogen-bond acceptors (Lipinski definition) is 3. The molecular weight excluding hydrogens is 295 g/mol. The number of benzene rings is 1. The standard InChI is InChI=1S/C14H21FN2O3S/c15-14-5-3-12(4-6-14)7-8-16-21(19,20)17-9-1-2-13(10-17)11-18/h3-6,13,16,18H,1-2,7-11H2. The third-order valence-corrected chi connectivity index (χ3v) is 5.27. The molecule has 1 aromatic rings. The van der Waals surface area contributed by atoms with Gasteiger partial charge >= 0.3 is 0 Å². The molecule has 1 fully saturated rings. The van der Waals surface area contributed by atoms with E-state index in [2.05, 4.69) is 4.72 Å². The predicted octanol–water partition coefficient (Wildman–Crippen LogP) is 0.907. The molecule has 7 heteroatoms. The first-order valence-electron chi connectivity index (χ1n) is 7.11. The van der Waals surface area contributed by atoms with Gasteiger partial charge in [0.25, 0.3) is 10.2 Å². The summed E-state index contributed by atoms with van der Waals surface area (Å²) in [5, 5.41) is 9.15. The highest BCUT2D eigenvalue weighted by Gasteiger charge is 2.27. The minimum Gasteiger partial charge on any atom is -0.396 e. The van der Waals surface area contributed by atoms with E-state index in [0.29, 0.717) is 19.5 Å². The number of piperidine rings is 1. The van der Waals surface area contributed by atoms with Crippen LogP contribution in [-0.2, 0) is 16.6 Å². The van der Waals surface area contributed by atoms with Gasteiger partial charge in [-0.25, -0.2) is 9.11 Å². The van der Waals surface area contributed by atoms with Gasteiger partial charge in [-0.15, -0.1) is 0 Å². The van der Waals surface area contributed by atoms with Crippen molar-refractivity contribution in [1.82, 2.24) is 9.03 Å². The minimum absolute atomic E-state index is 0.0155. The van der Waals surface area contributed by atoms with Crippen molar-refractivity contribution in [2.75, 3.05) is 26.2 Å². The zero-order valence-electron chi connectivity index (χ0n) is 11.8. The largest absolute Gasteiger partial charge is 0.396 e. The summed E-state index contributed by atoms with van der Waals surface area (Å²) in [6, 6.07) is 6.01. The summed E-state index contributed by atoms with van der Waals surface area (Å²) < 4.78 is 41.1.